The van der Waals surface area contributed by atoms with Gasteiger partial charge in [-0.2, -0.15) is 0 Å². The van der Waals surface area contributed by atoms with Gasteiger partial charge in [0.15, 0.2) is 17.8 Å². The molecule has 0 aliphatic carbocycles. The molecule has 0 heterocycles. The number of aliphatic carboxylic acids is 5. The number of rotatable bonds is 8. The van der Waals surface area contributed by atoms with Gasteiger partial charge in [0.05, 0.1) is 12.8 Å². The molecule has 16 heteroatoms. The van der Waals surface area contributed by atoms with E-state index in [0.29, 0.717) is 0 Å². The van der Waals surface area contributed by atoms with Crippen molar-refractivity contribution in [2.24, 2.45) is 0 Å². The van der Waals surface area contributed by atoms with Crippen LogP contribution in [0.3, 0.4) is 0 Å². The van der Waals surface area contributed by atoms with E-state index in [0.717, 1.165) is 0 Å². The van der Waals surface area contributed by atoms with Crippen LogP contribution < -0.4 is 0 Å². The van der Waals surface area contributed by atoms with E-state index < -0.39 is 60.5 Å². The molecule has 0 aromatic rings. The van der Waals surface area contributed by atoms with Gasteiger partial charge in [-0.25, -0.2) is 14.4 Å². The number of hydrogen-bond acceptors (Lipinski definition) is 8. The first-order chi connectivity index (χ1) is 10.2. The van der Waals surface area contributed by atoms with Crippen molar-refractivity contribution in [1.82, 2.24) is 0 Å². The van der Waals surface area contributed by atoms with Crippen molar-refractivity contribution in [2.45, 2.75) is 30.7 Å². The molecule has 0 aliphatic rings. The van der Waals surface area contributed by atoms with E-state index in [9.17, 15) is 24.0 Å². The third-order valence-corrected chi connectivity index (χ3v) is 2.09. The van der Waals surface area contributed by atoms with Gasteiger partial charge in [0, 0.05) is 0 Å². The molecule has 0 rings (SSSR count). The Kier molecular flexibility index (Phi) is 24.7. The normalized spacial score (nSPS) is 11.5. The Labute approximate surface area is 211 Å². The molecular weight excluding hydrogens is 397 g/mol. The summed E-state index contributed by atoms with van der Waals surface area (Å²) in [7, 11) is 0. The summed E-state index contributed by atoms with van der Waals surface area (Å²) in [6, 6.07) is 0. The number of aliphatic hydroxyl groups is 3. The zero-order valence-electron chi connectivity index (χ0n) is 11.2. The number of hydrogen-bond donors (Lipinski definition) is 8. The van der Waals surface area contributed by atoms with Gasteiger partial charge in [-0.05, 0) is 0 Å². The molecule has 0 saturated heterocycles. The fraction of sp³-hybridized carbons (Fsp3) is 0.500. The molecule has 0 bridgehead atoms. The van der Waals surface area contributed by atoms with Crippen LogP contribution >= 0.6 is 0 Å². The molecule has 2 unspecified atom stereocenters. The second kappa shape index (κ2) is 17.3. The van der Waals surface area contributed by atoms with Gasteiger partial charge in [-0.15, -0.1) is 0 Å². The number of aliphatic hydroxyl groups excluding tert-OH is 2. The quantitative estimate of drug-likeness (QED) is 0.173. The van der Waals surface area contributed by atoms with E-state index in [1.807, 2.05) is 0 Å². The molecule has 138 valence electrons. The molecule has 26 heavy (non-hydrogen) atoms. The van der Waals surface area contributed by atoms with Crippen LogP contribution in [0.1, 0.15) is 12.8 Å². The summed E-state index contributed by atoms with van der Waals surface area (Å²) < 4.78 is 0. The maximum atomic E-state index is 10.3. The Hall–Kier alpha value is 0.230. The maximum absolute atomic E-state index is 10.3. The van der Waals surface area contributed by atoms with Crippen molar-refractivity contribution >= 4 is 119 Å². The van der Waals surface area contributed by atoms with Crippen LogP contribution in [-0.4, -0.2) is 177 Å². The average molecular weight is 414 g/mol. The molecule has 0 aromatic carbocycles. The number of carboxylic acid groups (broad SMARTS) is 5. The second-order valence-electron chi connectivity index (χ2n) is 4.04. The van der Waals surface area contributed by atoms with Gasteiger partial charge in [0.2, 0.25) is 0 Å². The van der Waals surface area contributed by atoms with Crippen molar-refractivity contribution < 1.29 is 64.8 Å². The summed E-state index contributed by atoms with van der Waals surface area (Å²) in [5, 5.41) is 66.3. The van der Waals surface area contributed by atoms with Gasteiger partial charge < -0.3 is 40.9 Å². The van der Waals surface area contributed by atoms with E-state index in [-0.39, 0.29) is 88.7 Å². The first kappa shape index (κ1) is 37.0. The van der Waals surface area contributed by atoms with Crippen LogP contribution in [-0.2, 0) is 24.0 Å². The molecule has 2 atom stereocenters. The summed E-state index contributed by atoms with van der Waals surface area (Å²) >= 11 is 0. The summed E-state index contributed by atoms with van der Waals surface area (Å²) in [5.74, 6) is -8.56. The standard InChI is InChI=1S/C6H8O7.C4H6O6.3Na.3H/c7-3(8)1-6(13,5(11)12)2-4(9)10;5-1(3(7)8)2(6)4(9)10;;;;;;/h13H,1-2H2,(H,7,8)(H,9,10)(H,11,12);1-2,5-6H,(H,7,8)(H,9,10);;;;;;. The third-order valence-electron chi connectivity index (χ3n) is 2.09. The van der Waals surface area contributed by atoms with E-state index in [4.69, 9.17) is 40.9 Å². The molecule has 0 amide bonds. The zero-order valence-corrected chi connectivity index (χ0v) is 11.2. The monoisotopic (exact) mass is 414 g/mol. The topological polar surface area (TPSA) is 247 Å². The summed E-state index contributed by atoms with van der Waals surface area (Å²) in [6.45, 7) is 0. The van der Waals surface area contributed by atoms with E-state index in [1.165, 1.54) is 0 Å². The minimum atomic E-state index is -2.74. The van der Waals surface area contributed by atoms with E-state index in [1.54, 1.807) is 0 Å². The van der Waals surface area contributed by atoms with Crippen molar-refractivity contribution in [3.05, 3.63) is 0 Å². The van der Waals surface area contributed by atoms with Gasteiger partial charge in [-0.3, -0.25) is 9.59 Å². The minimum absolute atomic E-state index is 0. The average Bonchev–Trinajstić information content (AvgIpc) is 2.35. The first-order valence-electron chi connectivity index (χ1n) is 5.45. The SMILES string of the molecule is O=C(O)C(O)C(O)C(=O)O.O=C(O)CC(O)(CC(=O)O)C(=O)O.[NaH].[NaH].[NaH]. The van der Waals surface area contributed by atoms with Crippen LogP contribution in [0, 0.1) is 0 Å². The van der Waals surface area contributed by atoms with Crippen LogP contribution in [0.4, 0.5) is 0 Å². The fourth-order valence-electron chi connectivity index (χ4n) is 0.984. The van der Waals surface area contributed by atoms with Gasteiger partial charge in [0.1, 0.15) is 0 Å². The predicted octanol–water partition coefficient (Wildman–Crippen LogP) is -5.32. The van der Waals surface area contributed by atoms with Crippen molar-refractivity contribution in [1.29, 1.82) is 0 Å². The van der Waals surface area contributed by atoms with Gasteiger partial charge in [-0.1, -0.05) is 0 Å². The first-order valence-corrected chi connectivity index (χ1v) is 5.45. The molecule has 0 aliphatic heterocycles. The van der Waals surface area contributed by atoms with Crippen LogP contribution in [0.2, 0.25) is 0 Å². The van der Waals surface area contributed by atoms with Crippen molar-refractivity contribution in [2.75, 3.05) is 0 Å². The fourth-order valence-corrected chi connectivity index (χ4v) is 0.984. The predicted molar refractivity (Wildman–Crippen MR) is 85.8 cm³/mol. The summed E-state index contributed by atoms with van der Waals surface area (Å²) in [5.41, 5.74) is -2.74. The third kappa shape index (κ3) is 16.4. The van der Waals surface area contributed by atoms with Crippen molar-refractivity contribution in [3.8, 4) is 0 Å². The molecule has 0 saturated carbocycles. The molecule has 0 aromatic heterocycles. The Bertz CT molecular complexity index is 461. The van der Waals surface area contributed by atoms with Crippen LogP contribution in [0.5, 0.6) is 0 Å². The molecule has 0 spiro atoms. The van der Waals surface area contributed by atoms with E-state index in [2.05, 4.69) is 0 Å². The molecule has 0 fully saturated rings. The number of carboxylic acids is 5. The Morgan fingerprint density at radius 2 is 0.885 bits per heavy atom. The van der Waals surface area contributed by atoms with Gasteiger partial charge in [0.25, 0.3) is 0 Å². The molecule has 0 radical (unpaired) electrons. The molecule has 13 nitrogen and oxygen atoms in total. The molecule has 8 N–H and O–H groups in total. The molecular formula is C10H17Na3O13. The van der Waals surface area contributed by atoms with Crippen molar-refractivity contribution in [3.63, 3.8) is 0 Å². The zero-order chi connectivity index (χ0) is 19.0. The summed E-state index contributed by atoms with van der Waals surface area (Å²) in [6.07, 6.45) is -6.82. The Morgan fingerprint density at radius 3 is 1.00 bits per heavy atom. The number of carbonyl (C=O) groups is 5. The summed E-state index contributed by atoms with van der Waals surface area (Å²) in [4.78, 5) is 50.0. The Balaban J connectivity index is -0.000000104. The Morgan fingerprint density at radius 1 is 0.654 bits per heavy atom. The van der Waals surface area contributed by atoms with Crippen LogP contribution in [0.15, 0.2) is 0 Å². The van der Waals surface area contributed by atoms with Crippen LogP contribution in [0.25, 0.3) is 0 Å². The van der Waals surface area contributed by atoms with E-state index >= 15 is 0 Å². The second-order valence-corrected chi connectivity index (χ2v) is 4.04. The van der Waals surface area contributed by atoms with Gasteiger partial charge >= 0.3 is 119 Å².